The van der Waals surface area contributed by atoms with Gasteiger partial charge in [0.1, 0.15) is 24.3 Å². The molecule has 0 aliphatic carbocycles. The molecule has 49 heavy (non-hydrogen) atoms. The first-order valence-corrected chi connectivity index (χ1v) is 18.8. The average molecular weight is 666 g/mol. The first kappa shape index (κ1) is 31.1. The number of aromatic nitrogens is 9. The summed E-state index contributed by atoms with van der Waals surface area (Å²) in [5.41, 5.74) is 6.97. The number of rotatable bonds is 5. The Labute approximate surface area is 287 Å². The van der Waals surface area contributed by atoms with E-state index in [0.29, 0.717) is 5.95 Å². The van der Waals surface area contributed by atoms with Crippen molar-refractivity contribution in [2.24, 2.45) is 0 Å². The third-order valence-corrected chi connectivity index (χ3v) is 10.3. The van der Waals surface area contributed by atoms with Gasteiger partial charge in [0.2, 0.25) is 5.95 Å². The molecule has 8 rings (SSSR count). The number of fused-ring (bicyclic) bond motifs is 4. The van der Waals surface area contributed by atoms with E-state index in [9.17, 15) is 0 Å². The number of imidazole rings is 2. The highest BCUT2D eigenvalue weighted by molar-refractivity contribution is 7.64. The molecule has 0 saturated heterocycles. The second kappa shape index (κ2) is 11.2. The van der Waals surface area contributed by atoms with Crippen molar-refractivity contribution in [2.45, 2.75) is 52.4 Å². The summed E-state index contributed by atoms with van der Waals surface area (Å²) in [6.07, 6.45) is 11.9. The molecule has 10 heteroatoms. The summed E-state index contributed by atoms with van der Waals surface area (Å²) in [5.74, 6) is 2.00. The maximum Gasteiger partial charge on any atom is 0.238 e. The van der Waals surface area contributed by atoms with Gasteiger partial charge in [-0.1, -0.05) is 67.7 Å². The predicted molar refractivity (Wildman–Crippen MR) is 201 cm³/mol. The molecule has 0 atom stereocenters. The fourth-order valence-corrected chi connectivity index (χ4v) is 6.90. The molecule has 0 fully saturated rings. The molecular weight excluding hydrogens is 625 g/mol. The van der Waals surface area contributed by atoms with E-state index in [0.717, 1.165) is 61.6 Å². The minimum atomic E-state index is -0.376. The quantitative estimate of drug-likeness (QED) is 0.173. The Hall–Kier alpha value is -5.14. The molecule has 0 unspecified atom stereocenters. The summed E-state index contributed by atoms with van der Waals surface area (Å²) in [7, 11) is -0.376. The standard InChI is InChI=1S/C39H40N9P/c1-38(2,3)32-21-45(23-41-32)34-19-35(44-37(43-34)46-22-33(42-24-46)39(4,5)6)48-30-16-25-14-15-47(26-12-10-9-11-13-26)29(25)18-28(30)36-31(48)17-27(20-40-36)49(7)8/h9-24H,1-8H3. The van der Waals surface area contributed by atoms with Crippen molar-refractivity contribution in [1.29, 1.82) is 0 Å². The van der Waals surface area contributed by atoms with Gasteiger partial charge in [-0.3, -0.25) is 18.7 Å². The lowest BCUT2D eigenvalue weighted by molar-refractivity contribution is 0.572. The predicted octanol–water partition coefficient (Wildman–Crippen LogP) is 8.25. The smallest absolute Gasteiger partial charge is 0.238 e. The Morgan fingerprint density at radius 2 is 1.33 bits per heavy atom. The van der Waals surface area contributed by atoms with Gasteiger partial charge in [-0.2, -0.15) is 9.97 Å². The van der Waals surface area contributed by atoms with Crippen molar-refractivity contribution >= 4 is 46.1 Å². The Morgan fingerprint density at radius 1 is 0.653 bits per heavy atom. The number of hydrogen-bond acceptors (Lipinski definition) is 5. The van der Waals surface area contributed by atoms with Crippen molar-refractivity contribution in [3.05, 3.63) is 109 Å². The lowest BCUT2D eigenvalue weighted by Crippen LogP contribution is -2.12. The Balaban J connectivity index is 1.42. The molecule has 6 heterocycles. The van der Waals surface area contributed by atoms with Crippen molar-refractivity contribution in [3.63, 3.8) is 0 Å². The van der Waals surface area contributed by atoms with Crippen molar-refractivity contribution in [2.75, 3.05) is 13.3 Å². The van der Waals surface area contributed by atoms with Crippen LogP contribution in [0.3, 0.4) is 0 Å². The fraction of sp³-hybridized carbons (Fsp3) is 0.256. The van der Waals surface area contributed by atoms with Crippen LogP contribution in [0.15, 0.2) is 98.1 Å². The fourth-order valence-electron chi connectivity index (χ4n) is 6.23. The van der Waals surface area contributed by atoms with Gasteiger partial charge < -0.3 is 4.57 Å². The second-order valence-corrected chi connectivity index (χ2v) is 17.3. The van der Waals surface area contributed by atoms with Crippen molar-refractivity contribution in [3.8, 4) is 23.3 Å². The van der Waals surface area contributed by atoms with Crippen LogP contribution < -0.4 is 5.30 Å². The summed E-state index contributed by atoms with van der Waals surface area (Å²) in [6, 6.07) is 21.5. The molecule has 0 amide bonds. The van der Waals surface area contributed by atoms with E-state index < -0.39 is 0 Å². The molecule has 0 aliphatic heterocycles. The highest BCUT2D eigenvalue weighted by Crippen LogP contribution is 2.36. The van der Waals surface area contributed by atoms with Crippen LogP contribution in [0.4, 0.5) is 0 Å². The van der Waals surface area contributed by atoms with Gasteiger partial charge in [-0.05, 0) is 55.0 Å². The molecule has 0 radical (unpaired) electrons. The van der Waals surface area contributed by atoms with Gasteiger partial charge in [0.25, 0.3) is 0 Å². The molecule has 0 aliphatic rings. The zero-order valence-electron chi connectivity index (χ0n) is 29.2. The van der Waals surface area contributed by atoms with Gasteiger partial charge in [0.15, 0.2) is 0 Å². The summed E-state index contributed by atoms with van der Waals surface area (Å²) in [5, 5.41) is 3.43. The highest BCUT2D eigenvalue weighted by atomic mass is 31.1. The van der Waals surface area contributed by atoms with Crippen LogP contribution in [-0.4, -0.2) is 56.5 Å². The monoisotopic (exact) mass is 665 g/mol. The van der Waals surface area contributed by atoms with E-state index in [2.05, 4.69) is 125 Å². The largest absolute Gasteiger partial charge is 0.317 e. The van der Waals surface area contributed by atoms with Crippen LogP contribution >= 0.6 is 7.92 Å². The second-order valence-electron chi connectivity index (χ2n) is 15.0. The maximum atomic E-state index is 5.24. The summed E-state index contributed by atoms with van der Waals surface area (Å²) >= 11 is 0. The number of nitrogens with zero attached hydrogens (tertiary/aromatic N) is 9. The number of pyridine rings is 1. The summed E-state index contributed by atoms with van der Waals surface area (Å²) in [6.45, 7) is 17.5. The van der Waals surface area contributed by atoms with Crippen LogP contribution in [0.2, 0.25) is 0 Å². The first-order valence-electron chi connectivity index (χ1n) is 16.5. The number of hydrogen-bond donors (Lipinski definition) is 0. The zero-order valence-corrected chi connectivity index (χ0v) is 30.1. The minimum absolute atomic E-state index is 0.106. The maximum absolute atomic E-state index is 5.24. The summed E-state index contributed by atoms with van der Waals surface area (Å²) in [4.78, 5) is 24.9. The lowest BCUT2D eigenvalue weighted by atomic mass is 9.93. The first-order chi connectivity index (χ1) is 23.3. The number of para-hydroxylation sites is 1. The van der Waals surface area contributed by atoms with Crippen LogP contribution in [-0.2, 0) is 10.8 Å². The van der Waals surface area contributed by atoms with Crippen LogP contribution in [0.1, 0.15) is 52.9 Å². The zero-order chi connectivity index (χ0) is 34.2. The summed E-state index contributed by atoms with van der Waals surface area (Å²) < 4.78 is 8.39. The van der Waals surface area contributed by atoms with Gasteiger partial charge in [-0.15, -0.1) is 0 Å². The van der Waals surface area contributed by atoms with Gasteiger partial charge in [0.05, 0.1) is 33.5 Å². The molecule has 0 N–H and O–H groups in total. The Bertz CT molecular complexity index is 2430. The lowest BCUT2D eigenvalue weighted by Gasteiger charge is -2.15. The molecule has 246 valence electrons. The van der Waals surface area contributed by atoms with Crippen LogP contribution in [0, 0.1) is 0 Å². The van der Waals surface area contributed by atoms with E-state index >= 15 is 0 Å². The molecule has 0 bridgehead atoms. The minimum Gasteiger partial charge on any atom is -0.317 e. The molecule has 6 aromatic heterocycles. The average Bonchev–Trinajstić information content (AvgIpc) is 3.88. The Kier molecular flexibility index (Phi) is 7.12. The number of benzene rings is 2. The van der Waals surface area contributed by atoms with E-state index in [1.54, 1.807) is 6.33 Å². The topological polar surface area (TPSA) is 84.2 Å². The highest BCUT2D eigenvalue weighted by Gasteiger charge is 2.23. The molecular formula is C39H40N9P. The van der Waals surface area contributed by atoms with Gasteiger partial charge in [-0.25, -0.2) is 9.97 Å². The van der Waals surface area contributed by atoms with E-state index in [1.165, 1.54) is 5.30 Å². The van der Waals surface area contributed by atoms with Crippen LogP contribution in [0.5, 0.6) is 0 Å². The molecule has 2 aromatic carbocycles. The molecule has 0 saturated carbocycles. The van der Waals surface area contributed by atoms with Gasteiger partial charge >= 0.3 is 0 Å². The Morgan fingerprint density at radius 3 is 2.00 bits per heavy atom. The van der Waals surface area contributed by atoms with Crippen molar-refractivity contribution < 1.29 is 0 Å². The van der Waals surface area contributed by atoms with E-state index in [4.69, 9.17) is 24.9 Å². The molecule has 0 spiro atoms. The van der Waals surface area contributed by atoms with Crippen LogP contribution in [0.25, 0.3) is 56.1 Å². The SMILES string of the molecule is CP(C)c1cnc2c3cc4c(ccn4-c4ccccc4)cc3n(-c3cc(-n4cnc(C(C)(C)C)c4)nc(-n4cnc(C(C)(C)C)c4)n3)c2c1. The third kappa shape index (κ3) is 5.42. The normalized spacial score (nSPS) is 12.7. The van der Waals surface area contributed by atoms with Gasteiger partial charge in [0, 0.05) is 58.1 Å². The third-order valence-electron chi connectivity index (χ3n) is 9.06. The van der Waals surface area contributed by atoms with E-state index in [1.807, 2.05) is 40.0 Å². The van der Waals surface area contributed by atoms with Crippen molar-refractivity contribution in [1.82, 2.24) is 43.2 Å². The molecule has 8 aromatic rings. The molecule has 9 nitrogen and oxygen atoms in total. The van der Waals surface area contributed by atoms with E-state index in [-0.39, 0.29) is 18.8 Å².